The molecule has 0 aliphatic heterocycles. The van der Waals surface area contributed by atoms with Crippen molar-refractivity contribution < 1.29 is 9.72 Å². The van der Waals surface area contributed by atoms with E-state index in [1.807, 2.05) is 0 Å². The van der Waals surface area contributed by atoms with Crippen molar-refractivity contribution in [3.63, 3.8) is 0 Å². The lowest BCUT2D eigenvalue weighted by molar-refractivity contribution is -0.384. The molecule has 0 bridgehead atoms. The van der Waals surface area contributed by atoms with Crippen LogP contribution in [0.5, 0.6) is 0 Å². The van der Waals surface area contributed by atoms with Gasteiger partial charge in [-0.15, -0.1) is 0 Å². The van der Waals surface area contributed by atoms with Crippen LogP contribution in [0.15, 0.2) is 46.9 Å². The lowest BCUT2D eigenvalue weighted by atomic mass is 9.99. The lowest BCUT2D eigenvalue weighted by Crippen LogP contribution is -2.12. The summed E-state index contributed by atoms with van der Waals surface area (Å²) < 4.78 is 0.763. The van der Waals surface area contributed by atoms with E-state index in [0.29, 0.717) is 16.7 Å². The summed E-state index contributed by atoms with van der Waals surface area (Å²) in [4.78, 5) is 21.7. The van der Waals surface area contributed by atoms with Gasteiger partial charge in [-0.25, -0.2) is 0 Å². The summed E-state index contributed by atoms with van der Waals surface area (Å²) in [6.07, 6.45) is 0. The molecule has 0 atom stereocenters. The van der Waals surface area contributed by atoms with Gasteiger partial charge in [0.1, 0.15) is 0 Å². The fourth-order valence-corrected chi connectivity index (χ4v) is 2.12. The molecule has 0 radical (unpaired) electrons. The highest BCUT2D eigenvalue weighted by Gasteiger charge is 2.13. The number of carbonyl (C=O) groups excluding carboxylic acids is 1. The lowest BCUT2D eigenvalue weighted by Gasteiger charge is -2.07. The number of hydrogen-bond donors (Lipinski definition) is 1. The van der Waals surface area contributed by atoms with Crippen LogP contribution in [0.4, 0.5) is 5.69 Å². The number of benzene rings is 2. The first kappa shape index (κ1) is 13.2. The van der Waals surface area contributed by atoms with Crippen molar-refractivity contribution in [1.82, 2.24) is 0 Å². The zero-order valence-electron chi connectivity index (χ0n) is 9.67. The van der Waals surface area contributed by atoms with E-state index in [-0.39, 0.29) is 5.69 Å². The first-order chi connectivity index (χ1) is 8.99. The Kier molecular flexibility index (Phi) is 3.62. The van der Waals surface area contributed by atoms with Gasteiger partial charge in [-0.1, -0.05) is 28.1 Å². The van der Waals surface area contributed by atoms with Gasteiger partial charge in [0.05, 0.1) is 4.92 Å². The Morgan fingerprint density at radius 2 is 1.95 bits per heavy atom. The minimum Gasteiger partial charge on any atom is -0.366 e. The Hall–Kier alpha value is -2.21. The Bertz CT molecular complexity index is 671. The monoisotopic (exact) mass is 320 g/mol. The maximum absolute atomic E-state index is 11.4. The molecule has 0 aliphatic rings. The molecule has 0 saturated carbocycles. The van der Waals surface area contributed by atoms with Crippen molar-refractivity contribution in [3.8, 4) is 11.1 Å². The molecule has 2 aromatic rings. The molecule has 0 aromatic heterocycles. The summed E-state index contributed by atoms with van der Waals surface area (Å²) in [5.41, 5.74) is 6.73. The fraction of sp³-hybridized carbons (Fsp3) is 0. The van der Waals surface area contributed by atoms with Gasteiger partial charge in [-0.05, 0) is 29.3 Å². The summed E-state index contributed by atoms with van der Waals surface area (Å²) in [5.74, 6) is -0.575. The molecule has 2 aromatic carbocycles. The second-order valence-corrected chi connectivity index (χ2v) is 4.78. The number of carbonyl (C=O) groups is 1. The first-order valence-electron chi connectivity index (χ1n) is 5.33. The largest absolute Gasteiger partial charge is 0.366 e. The normalized spacial score (nSPS) is 10.2. The van der Waals surface area contributed by atoms with Crippen molar-refractivity contribution in [1.29, 1.82) is 0 Å². The second-order valence-electron chi connectivity index (χ2n) is 3.86. The molecule has 6 heteroatoms. The molecule has 0 aliphatic carbocycles. The Morgan fingerprint density at radius 1 is 1.21 bits per heavy atom. The van der Waals surface area contributed by atoms with E-state index >= 15 is 0 Å². The number of non-ortho nitro benzene ring substituents is 1. The molecule has 2 rings (SSSR count). The summed E-state index contributed by atoms with van der Waals surface area (Å²) in [6.45, 7) is 0. The predicted octanol–water partition coefficient (Wildman–Crippen LogP) is 3.12. The van der Waals surface area contributed by atoms with Crippen molar-refractivity contribution in [2.45, 2.75) is 0 Å². The van der Waals surface area contributed by atoms with Crippen LogP contribution >= 0.6 is 15.9 Å². The Labute approximate surface area is 117 Å². The molecule has 19 heavy (non-hydrogen) atoms. The van der Waals surface area contributed by atoms with E-state index in [9.17, 15) is 14.9 Å². The predicted molar refractivity (Wildman–Crippen MR) is 74.8 cm³/mol. The van der Waals surface area contributed by atoms with Gasteiger partial charge in [0.15, 0.2) is 0 Å². The Balaban J connectivity index is 2.64. The van der Waals surface area contributed by atoms with Gasteiger partial charge >= 0.3 is 0 Å². The molecule has 96 valence electrons. The molecule has 0 unspecified atom stereocenters. The van der Waals surface area contributed by atoms with Crippen molar-refractivity contribution >= 4 is 27.5 Å². The minimum atomic E-state index is -0.575. The van der Waals surface area contributed by atoms with E-state index in [4.69, 9.17) is 5.73 Å². The average molecular weight is 321 g/mol. The van der Waals surface area contributed by atoms with Crippen LogP contribution in [0.2, 0.25) is 0 Å². The smallest absolute Gasteiger partial charge is 0.270 e. The van der Waals surface area contributed by atoms with Gasteiger partial charge in [0.25, 0.3) is 5.69 Å². The summed E-state index contributed by atoms with van der Waals surface area (Å²) in [7, 11) is 0. The Morgan fingerprint density at radius 3 is 2.58 bits per heavy atom. The topological polar surface area (TPSA) is 86.2 Å². The van der Waals surface area contributed by atoms with Crippen molar-refractivity contribution in [2.75, 3.05) is 0 Å². The zero-order valence-corrected chi connectivity index (χ0v) is 11.3. The summed E-state index contributed by atoms with van der Waals surface area (Å²) in [5, 5.41) is 10.8. The van der Waals surface area contributed by atoms with Crippen LogP contribution in [0.1, 0.15) is 10.4 Å². The molecule has 0 heterocycles. The van der Waals surface area contributed by atoms with E-state index in [0.717, 1.165) is 4.47 Å². The highest BCUT2D eigenvalue weighted by molar-refractivity contribution is 9.10. The third kappa shape index (κ3) is 2.79. The highest BCUT2D eigenvalue weighted by Crippen LogP contribution is 2.29. The molecule has 1 amide bonds. The maximum Gasteiger partial charge on any atom is 0.270 e. The van der Waals surface area contributed by atoms with Crippen LogP contribution < -0.4 is 5.73 Å². The quantitative estimate of drug-likeness (QED) is 0.696. The van der Waals surface area contributed by atoms with Crippen molar-refractivity contribution in [3.05, 3.63) is 62.6 Å². The van der Waals surface area contributed by atoms with Gasteiger partial charge in [-0.2, -0.15) is 0 Å². The van der Waals surface area contributed by atoms with Crippen LogP contribution in [0.3, 0.4) is 0 Å². The average Bonchev–Trinajstić information content (AvgIpc) is 2.38. The first-order valence-corrected chi connectivity index (χ1v) is 6.12. The summed E-state index contributed by atoms with van der Waals surface area (Å²) in [6, 6.07) is 11.1. The number of rotatable bonds is 3. The number of nitrogens with two attached hydrogens (primary N) is 1. The number of nitrogens with zero attached hydrogens (tertiary/aromatic N) is 1. The van der Waals surface area contributed by atoms with Crippen LogP contribution in [-0.4, -0.2) is 10.8 Å². The van der Waals surface area contributed by atoms with E-state index in [2.05, 4.69) is 15.9 Å². The molecular weight excluding hydrogens is 312 g/mol. The third-order valence-electron chi connectivity index (χ3n) is 2.62. The molecule has 0 spiro atoms. The number of primary amides is 1. The van der Waals surface area contributed by atoms with Crippen LogP contribution in [0.25, 0.3) is 11.1 Å². The molecular formula is C13H9BrN2O3. The maximum atomic E-state index is 11.4. The second kappa shape index (κ2) is 5.19. The number of amides is 1. The SMILES string of the molecule is NC(=O)c1ccc(Br)cc1-c1cccc([N+](=O)[O-])c1. The number of nitro benzene ring substituents is 1. The van der Waals surface area contributed by atoms with Gasteiger partial charge < -0.3 is 5.73 Å². The van der Waals surface area contributed by atoms with E-state index in [1.54, 1.807) is 30.3 Å². The van der Waals surface area contributed by atoms with Gasteiger partial charge in [-0.3, -0.25) is 14.9 Å². The van der Waals surface area contributed by atoms with Gasteiger partial charge in [0.2, 0.25) is 5.91 Å². The molecule has 2 N–H and O–H groups in total. The third-order valence-corrected chi connectivity index (χ3v) is 3.11. The number of hydrogen-bond acceptors (Lipinski definition) is 3. The fourth-order valence-electron chi connectivity index (χ4n) is 1.76. The molecule has 5 nitrogen and oxygen atoms in total. The van der Waals surface area contributed by atoms with Crippen LogP contribution in [-0.2, 0) is 0 Å². The zero-order chi connectivity index (χ0) is 14.0. The molecule has 0 fully saturated rings. The molecule has 0 saturated heterocycles. The highest BCUT2D eigenvalue weighted by atomic mass is 79.9. The van der Waals surface area contributed by atoms with E-state index < -0.39 is 10.8 Å². The standard InChI is InChI=1S/C13H9BrN2O3/c14-9-4-5-11(13(15)17)12(7-9)8-2-1-3-10(6-8)16(18)19/h1-7H,(H2,15,17). The number of halogens is 1. The summed E-state index contributed by atoms with van der Waals surface area (Å²) >= 11 is 3.30. The van der Waals surface area contributed by atoms with Gasteiger partial charge in [0, 0.05) is 22.2 Å². The van der Waals surface area contributed by atoms with Crippen LogP contribution in [0, 0.1) is 10.1 Å². The van der Waals surface area contributed by atoms with E-state index in [1.165, 1.54) is 12.1 Å². The number of nitro groups is 1. The minimum absolute atomic E-state index is 0.0344. The van der Waals surface area contributed by atoms with Crippen molar-refractivity contribution in [2.24, 2.45) is 5.73 Å².